The van der Waals surface area contributed by atoms with Crippen LogP contribution in [0.2, 0.25) is 5.02 Å². The molecule has 0 spiro atoms. The fraction of sp³-hybridized carbons (Fsp3) is 0.431. The van der Waals surface area contributed by atoms with E-state index in [1.165, 1.54) is 28.0 Å². The first-order valence-electron chi connectivity index (χ1n) is 23.8. The number of thiazole rings is 1. The Morgan fingerprint density at radius 2 is 1.55 bits per heavy atom. The van der Waals surface area contributed by atoms with Crippen molar-refractivity contribution in [3.63, 3.8) is 0 Å². The molecule has 73 heavy (non-hydrogen) atoms. The molecule has 4 aromatic rings. The van der Waals surface area contributed by atoms with Crippen molar-refractivity contribution in [1.82, 2.24) is 15.2 Å². The van der Waals surface area contributed by atoms with Gasteiger partial charge >= 0.3 is 28.0 Å². The molecule has 9 rings (SSSR count). The van der Waals surface area contributed by atoms with Gasteiger partial charge in [0.25, 0.3) is 5.91 Å². The van der Waals surface area contributed by atoms with Gasteiger partial charge in [-0.3, -0.25) is 19.3 Å². The van der Waals surface area contributed by atoms with Crippen LogP contribution in [-0.2, 0) is 46.5 Å². The zero-order valence-corrected chi connectivity index (χ0v) is 43.6. The summed E-state index contributed by atoms with van der Waals surface area (Å²) >= 11 is 9.78. The molecular formula is C51H55B2ClN5O12S2+. The van der Waals surface area contributed by atoms with Crippen LogP contribution >= 0.6 is 34.7 Å². The van der Waals surface area contributed by atoms with Gasteiger partial charge in [-0.25, -0.2) is 14.6 Å². The smallest absolute Gasteiger partial charge is 0.378 e. The van der Waals surface area contributed by atoms with Crippen molar-refractivity contribution >= 4 is 86.0 Å². The van der Waals surface area contributed by atoms with Crippen LogP contribution in [0.25, 0.3) is 0 Å². The van der Waals surface area contributed by atoms with Gasteiger partial charge in [-0.05, 0) is 54.4 Å². The number of aryl methyl sites for hydroxylation is 1. The molecule has 4 saturated heterocycles. The van der Waals surface area contributed by atoms with E-state index in [0.29, 0.717) is 39.8 Å². The molecule has 2 amide bonds. The molecule has 1 aromatic heterocycles. The number of nitrogens with one attached hydrogen (secondary N) is 1. The summed E-state index contributed by atoms with van der Waals surface area (Å²) < 4.78 is 32.9. The molecular weight excluding hydrogens is 996 g/mol. The zero-order valence-electron chi connectivity index (χ0n) is 41.2. The standard InChI is InChI=1S/C51H54B2ClN5O12S2/c1-29(2)44(50(64)70-53)71-57-42(38-27-72-30(3)56-38)39(60)22-37-47(62)58-43(49(63)69-52)33(26-73-48(37)58)23-59-19-16-51(17-20-59,18-21-59)28-55-46(61)36-14-15-40(67-24-31-6-10-34(65-4)11-7-31)45(41(36)54)68-25-32-8-12-35(66-5)13-9-32/h6-15,27,29,37,44,48H,16-26,28H2,1-5H3/p+1/b57-42-/t37-,44+,48-,51?,59?/m1/s1. The number of ether oxygens (including phenoxy) is 4. The van der Waals surface area contributed by atoms with Crippen LogP contribution in [0.1, 0.15) is 71.7 Å². The number of oxime groups is 1. The molecule has 3 atom stereocenters. The third-order valence-electron chi connectivity index (χ3n) is 14.1. The van der Waals surface area contributed by atoms with Gasteiger partial charge in [0, 0.05) is 60.3 Å². The summed E-state index contributed by atoms with van der Waals surface area (Å²) in [6, 6.07) is 18.3. The van der Waals surface area contributed by atoms with E-state index < -0.39 is 46.9 Å². The van der Waals surface area contributed by atoms with Gasteiger partial charge in [-0.15, -0.1) is 23.1 Å². The van der Waals surface area contributed by atoms with E-state index in [4.69, 9.17) is 56.1 Å². The molecule has 17 nitrogen and oxygen atoms in total. The maximum atomic E-state index is 14.0. The number of hydrogen-bond acceptors (Lipinski definition) is 16. The fourth-order valence-electron chi connectivity index (χ4n) is 9.73. The number of aromatic nitrogens is 1. The van der Waals surface area contributed by atoms with Gasteiger partial charge in [0.2, 0.25) is 12.0 Å². The second-order valence-corrected chi connectivity index (χ2v) is 21.6. The first kappa shape index (κ1) is 53.3. The zero-order chi connectivity index (χ0) is 52.0. The first-order valence-corrected chi connectivity index (χ1v) is 26.1. The van der Waals surface area contributed by atoms with E-state index >= 15 is 0 Å². The van der Waals surface area contributed by atoms with E-state index in [1.54, 1.807) is 52.5 Å². The number of benzene rings is 3. The highest BCUT2D eigenvalue weighted by molar-refractivity contribution is 8.00. The third-order valence-corrected chi connectivity index (χ3v) is 16.6. The highest BCUT2D eigenvalue weighted by Gasteiger charge is 2.56. The van der Waals surface area contributed by atoms with Crippen molar-refractivity contribution in [1.29, 1.82) is 0 Å². The summed E-state index contributed by atoms with van der Waals surface area (Å²) in [7, 11) is 13.8. The molecule has 3 aromatic carbocycles. The molecule has 4 fully saturated rings. The lowest BCUT2D eigenvalue weighted by atomic mass is 9.70. The number of piperidine rings is 3. The Morgan fingerprint density at radius 3 is 2.11 bits per heavy atom. The minimum Gasteiger partial charge on any atom is -0.541 e. The lowest BCUT2D eigenvalue weighted by molar-refractivity contribution is -0.941. The summed E-state index contributed by atoms with van der Waals surface area (Å²) in [5, 5.41) is 9.13. The van der Waals surface area contributed by atoms with Crippen molar-refractivity contribution in [2.75, 3.05) is 52.7 Å². The second-order valence-electron chi connectivity index (χ2n) is 19.0. The number of carbonyl (C=O) groups excluding carboxylic acids is 5. The number of hydrogen-bond donors (Lipinski definition) is 1. The maximum Gasteiger partial charge on any atom is 0.378 e. The molecule has 6 heterocycles. The van der Waals surface area contributed by atoms with Crippen molar-refractivity contribution in [3.05, 3.63) is 110 Å². The Bertz CT molecular complexity index is 2770. The molecule has 0 aliphatic carbocycles. The number of quaternary nitrogens is 1. The minimum atomic E-state index is -1.20. The third kappa shape index (κ3) is 11.7. The topological polar surface area (TPSA) is 190 Å². The molecule has 380 valence electrons. The number of amides is 2. The molecule has 22 heteroatoms. The normalized spacial score (nSPS) is 21.7. The number of thioether (sulfide) groups is 1. The first-order chi connectivity index (χ1) is 35.1. The summed E-state index contributed by atoms with van der Waals surface area (Å²) in [6.07, 6.45) is 1.01. The second kappa shape index (κ2) is 23.0. The summed E-state index contributed by atoms with van der Waals surface area (Å²) in [4.78, 5) is 78.9. The molecule has 1 N–H and O–H groups in total. The van der Waals surface area contributed by atoms with Crippen LogP contribution < -0.4 is 24.3 Å². The summed E-state index contributed by atoms with van der Waals surface area (Å²) in [5.41, 5.74) is 2.80. The molecule has 4 radical (unpaired) electrons. The summed E-state index contributed by atoms with van der Waals surface area (Å²) in [5.74, 6) is -1.69. The van der Waals surface area contributed by atoms with E-state index in [2.05, 4.69) is 20.1 Å². The predicted molar refractivity (Wildman–Crippen MR) is 274 cm³/mol. The van der Waals surface area contributed by atoms with Crippen molar-refractivity contribution in [3.8, 4) is 23.0 Å². The highest BCUT2D eigenvalue weighted by Crippen LogP contribution is 2.49. The number of carbonyl (C=O) groups is 5. The van der Waals surface area contributed by atoms with E-state index in [-0.39, 0.29) is 64.4 Å². The van der Waals surface area contributed by atoms with E-state index in [1.807, 2.05) is 48.5 Å². The number of nitrogens with zero attached hydrogens (tertiary/aromatic N) is 4. The number of methoxy groups -OCH3 is 2. The van der Waals surface area contributed by atoms with Crippen molar-refractivity contribution < 1.29 is 61.5 Å². The van der Waals surface area contributed by atoms with Gasteiger partial charge < -0.3 is 42.9 Å². The SMILES string of the molecule is [B]OC(=O)C1=C(C[N+]23CCC(CNC(=O)c4ccc(OCc5ccc(OC)cc5)c(OCc5ccc(OC)cc5)c4Cl)(CC2)CC3)CS[C@@H]2[C@H](CC(=O)/C(=N\O[C@H](C(=O)O[B])C(C)C)c3csc(C)n3)C(=O)N12. The molecule has 5 aliphatic rings. The largest absolute Gasteiger partial charge is 0.541 e. The van der Waals surface area contributed by atoms with Crippen LogP contribution in [0.3, 0.4) is 0 Å². The van der Waals surface area contributed by atoms with Crippen LogP contribution in [0, 0.1) is 24.2 Å². The van der Waals surface area contributed by atoms with Crippen LogP contribution in [0.4, 0.5) is 0 Å². The Morgan fingerprint density at radius 1 is 0.918 bits per heavy atom. The number of fused-ring (bicyclic) bond motifs is 4. The Labute approximate surface area is 439 Å². The quantitative estimate of drug-likeness (QED) is 0.0297. The van der Waals surface area contributed by atoms with Gasteiger partial charge in [0.15, 0.2) is 23.0 Å². The minimum absolute atomic E-state index is 0.107. The van der Waals surface area contributed by atoms with Crippen LogP contribution in [0.5, 0.6) is 23.0 Å². The van der Waals surface area contributed by atoms with E-state index in [0.717, 1.165) is 61.3 Å². The monoisotopic (exact) mass is 1050 g/mol. The number of Topliss-reactive ketones (excluding diaryl/α,β-unsaturated/α-hetero) is 1. The molecule has 0 unspecified atom stereocenters. The average Bonchev–Trinajstić information content (AvgIpc) is 3.85. The summed E-state index contributed by atoms with van der Waals surface area (Å²) in [6.45, 7) is 8.86. The Kier molecular flexibility index (Phi) is 16.8. The number of rotatable bonds is 22. The van der Waals surface area contributed by atoms with Crippen molar-refractivity contribution in [2.24, 2.45) is 22.4 Å². The highest BCUT2D eigenvalue weighted by atomic mass is 35.5. The van der Waals surface area contributed by atoms with Gasteiger partial charge in [-0.2, -0.15) is 0 Å². The lowest BCUT2D eigenvalue weighted by Crippen LogP contribution is -2.66. The molecule has 2 bridgehead atoms. The average molecular weight is 1050 g/mol. The molecule has 0 saturated carbocycles. The van der Waals surface area contributed by atoms with E-state index in [9.17, 15) is 24.0 Å². The van der Waals surface area contributed by atoms with Gasteiger partial charge in [0.05, 0.1) is 60.7 Å². The number of halogens is 1. The van der Waals surface area contributed by atoms with Gasteiger partial charge in [0.1, 0.15) is 42.6 Å². The fourth-order valence-corrected chi connectivity index (χ4v) is 12.0. The Hall–Kier alpha value is -6.02. The number of β-lactam (4-membered cyclic amide) rings is 1. The number of ketones is 1. The van der Waals surface area contributed by atoms with Crippen molar-refractivity contribution in [2.45, 2.75) is 71.1 Å². The van der Waals surface area contributed by atoms with Crippen LogP contribution in [-0.4, -0.2) is 130 Å². The predicted octanol–water partition coefficient (Wildman–Crippen LogP) is 6.45. The molecule has 5 aliphatic heterocycles. The maximum absolute atomic E-state index is 14.0. The van der Waals surface area contributed by atoms with Crippen LogP contribution in [0.15, 0.2) is 82.5 Å². The van der Waals surface area contributed by atoms with Gasteiger partial charge in [-0.1, -0.05) is 54.9 Å². The Balaban J connectivity index is 0.914. The lowest BCUT2D eigenvalue weighted by Gasteiger charge is -2.56.